The molecule has 0 aromatic heterocycles. The normalized spacial score (nSPS) is 18.4. The molecule has 100 valence electrons. The molecule has 2 heteroatoms. The lowest BCUT2D eigenvalue weighted by molar-refractivity contribution is 0.127. The van der Waals surface area contributed by atoms with E-state index in [1.165, 1.54) is 11.1 Å². The third kappa shape index (κ3) is 3.33. The lowest BCUT2D eigenvalue weighted by Crippen LogP contribution is -2.34. The first-order chi connectivity index (χ1) is 8.70. The maximum atomic E-state index is 9.17. The van der Waals surface area contributed by atoms with E-state index in [-0.39, 0.29) is 0 Å². The van der Waals surface area contributed by atoms with Gasteiger partial charge in [0, 0.05) is 13.2 Å². The van der Waals surface area contributed by atoms with E-state index in [2.05, 4.69) is 43.0 Å². The quantitative estimate of drug-likeness (QED) is 0.884. The van der Waals surface area contributed by atoms with Gasteiger partial charge in [-0.05, 0) is 48.9 Å². The molecule has 1 aromatic rings. The molecule has 0 unspecified atom stereocenters. The minimum absolute atomic E-state index is 0.358. The first-order valence-electron chi connectivity index (χ1n) is 7.11. The third-order valence-corrected chi connectivity index (χ3v) is 4.04. The number of hydrogen-bond donors (Lipinski definition) is 1. The Morgan fingerprint density at radius 2 is 1.89 bits per heavy atom. The molecule has 0 aliphatic carbocycles. The van der Waals surface area contributed by atoms with Crippen LogP contribution in [0.25, 0.3) is 0 Å². The number of hydrogen-bond acceptors (Lipinski definition) is 2. The van der Waals surface area contributed by atoms with Crippen LogP contribution < -0.4 is 0 Å². The molecular weight excluding hydrogens is 222 g/mol. The highest BCUT2D eigenvalue weighted by molar-refractivity contribution is 5.29. The Morgan fingerprint density at radius 3 is 2.50 bits per heavy atom. The van der Waals surface area contributed by atoms with Crippen LogP contribution >= 0.6 is 0 Å². The molecule has 1 aliphatic rings. The maximum Gasteiger partial charge on any atom is 0.0460 e. The van der Waals surface area contributed by atoms with Crippen LogP contribution in [0.4, 0.5) is 0 Å². The van der Waals surface area contributed by atoms with Gasteiger partial charge >= 0.3 is 0 Å². The average molecular weight is 247 g/mol. The van der Waals surface area contributed by atoms with Gasteiger partial charge in [0.15, 0.2) is 0 Å². The van der Waals surface area contributed by atoms with E-state index in [4.69, 9.17) is 5.11 Å². The molecule has 2 rings (SSSR count). The van der Waals surface area contributed by atoms with E-state index in [1.807, 2.05) is 0 Å². The van der Waals surface area contributed by atoms with Gasteiger partial charge in [0.05, 0.1) is 0 Å². The van der Waals surface area contributed by atoms with Crippen LogP contribution in [0, 0.1) is 5.92 Å². The van der Waals surface area contributed by atoms with Gasteiger partial charge in [0.2, 0.25) is 0 Å². The smallest absolute Gasteiger partial charge is 0.0460 e. The number of aliphatic hydroxyl groups is 1. The summed E-state index contributed by atoms with van der Waals surface area (Å²) in [6, 6.07) is 8.78. The highest BCUT2D eigenvalue weighted by atomic mass is 16.3. The van der Waals surface area contributed by atoms with Crippen LogP contribution in [-0.4, -0.2) is 29.7 Å². The second kappa shape index (κ2) is 6.35. The summed E-state index contributed by atoms with van der Waals surface area (Å²) >= 11 is 0. The molecule has 1 aliphatic heterocycles. The van der Waals surface area contributed by atoms with E-state index in [9.17, 15) is 0 Å². The van der Waals surface area contributed by atoms with Gasteiger partial charge in [0.1, 0.15) is 0 Å². The van der Waals surface area contributed by atoms with Crippen molar-refractivity contribution in [2.24, 2.45) is 5.92 Å². The molecule has 2 nitrogen and oxygen atoms in total. The minimum atomic E-state index is 0.358. The summed E-state index contributed by atoms with van der Waals surface area (Å²) in [6.45, 7) is 8.19. The van der Waals surface area contributed by atoms with Crippen molar-refractivity contribution >= 4 is 0 Å². The van der Waals surface area contributed by atoms with Gasteiger partial charge in [-0.1, -0.05) is 38.1 Å². The Hall–Kier alpha value is -0.860. The van der Waals surface area contributed by atoms with Gasteiger partial charge in [-0.25, -0.2) is 0 Å². The fourth-order valence-corrected chi connectivity index (χ4v) is 2.81. The summed E-state index contributed by atoms with van der Waals surface area (Å²) < 4.78 is 0. The van der Waals surface area contributed by atoms with E-state index < -0.39 is 0 Å². The van der Waals surface area contributed by atoms with E-state index in [1.54, 1.807) is 0 Å². The standard InChI is InChI=1S/C16H25NO/c1-13(2)16-6-4-3-5-15(16)11-17-9-7-14(12-18)8-10-17/h3-6,13-14,18H,7-12H2,1-2H3. The van der Waals surface area contributed by atoms with Gasteiger partial charge in [-0.15, -0.1) is 0 Å². The van der Waals surface area contributed by atoms with Gasteiger partial charge in [-0.2, -0.15) is 0 Å². The van der Waals surface area contributed by atoms with Crippen LogP contribution in [0.5, 0.6) is 0 Å². The van der Waals surface area contributed by atoms with Crippen molar-refractivity contribution in [3.05, 3.63) is 35.4 Å². The van der Waals surface area contributed by atoms with Crippen LogP contribution in [0.2, 0.25) is 0 Å². The molecule has 1 fully saturated rings. The molecule has 0 spiro atoms. The summed E-state index contributed by atoms with van der Waals surface area (Å²) in [5.74, 6) is 1.12. The topological polar surface area (TPSA) is 23.5 Å². The highest BCUT2D eigenvalue weighted by Crippen LogP contribution is 2.23. The maximum absolute atomic E-state index is 9.17. The van der Waals surface area contributed by atoms with Crippen LogP contribution in [0.3, 0.4) is 0 Å². The van der Waals surface area contributed by atoms with Crippen LogP contribution in [0.15, 0.2) is 24.3 Å². The Labute approximate surface area is 111 Å². The van der Waals surface area contributed by atoms with Crippen molar-refractivity contribution in [1.29, 1.82) is 0 Å². The summed E-state index contributed by atoms with van der Waals surface area (Å²) in [6.07, 6.45) is 2.28. The third-order valence-electron chi connectivity index (χ3n) is 4.04. The lowest BCUT2D eigenvalue weighted by Gasteiger charge is -2.31. The summed E-state index contributed by atoms with van der Waals surface area (Å²) in [5.41, 5.74) is 2.94. The lowest BCUT2D eigenvalue weighted by atomic mass is 9.94. The van der Waals surface area contributed by atoms with Crippen molar-refractivity contribution < 1.29 is 5.11 Å². The average Bonchev–Trinajstić information content (AvgIpc) is 2.40. The van der Waals surface area contributed by atoms with Gasteiger partial charge in [-0.3, -0.25) is 4.90 Å². The highest BCUT2D eigenvalue weighted by Gasteiger charge is 2.19. The van der Waals surface area contributed by atoms with Crippen molar-refractivity contribution in [3.63, 3.8) is 0 Å². The fraction of sp³-hybridized carbons (Fsp3) is 0.625. The zero-order valence-electron chi connectivity index (χ0n) is 11.6. The fourth-order valence-electron chi connectivity index (χ4n) is 2.81. The number of benzene rings is 1. The van der Waals surface area contributed by atoms with Crippen molar-refractivity contribution in [2.45, 2.75) is 39.2 Å². The Kier molecular flexibility index (Phi) is 4.79. The van der Waals surface area contributed by atoms with Crippen LogP contribution in [0.1, 0.15) is 43.7 Å². The monoisotopic (exact) mass is 247 g/mol. The number of rotatable bonds is 4. The number of aliphatic hydroxyl groups excluding tert-OH is 1. The molecule has 1 saturated heterocycles. The predicted molar refractivity (Wildman–Crippen MR) is 75.6 cm³/mol. The zero-order valence-corrected chi connectivity index (χ0v) is 11.6. The van der Waals surface area contributed by atoms with Gasteiger partial charge in [0.25, 0.3) is 0 Å². The molecule has 0 amide bonds. The first-order valence-corrected chi connectivity index (χ1v) is 7.11. The molecule has 1 heterocycles. The van der Waals surface area contributed by atoms with Crippen molar-refractivity contribution in [3.8, 4) is 0 Å². The Balaban J connectivity index is 1.98. The minimum Gasteiger partial charge on any atom is -0.396 e. The second-order valence-electron chi connectivity index (χ2n) is 5.76. The zero-order chi connectivity index (χ0) is 13.0. The molecule has 0 saturated carbocycles. The molecule has 0 radical (unpaired) electrons. The molecule has 18 heavy (non-hydrogen) atoms. The molecule has 1 aromatic carbocycles. The second-order valence-corrected chi connectivity index (χ2v) is 5.76. The van der Waals surface area contributed by atoms with Crippen LogP contribution in [-0.2, 0) is 6.54 Å². The SMILES string of the molecule is CC(C)c1ccccc1CN1CCC(CO)CC1. The number of nitrogens with zero attached hydrogens (tertiary/aromatic N) is 1. The van der Waals surface area contributed by atoms with E-state index in [0.29, 0.717) is 18.4 Å². The molecule has 0 atom stereocenters. The van der Waals surface area contributed by atoms with Crippen molar-refractivity contribution in [1.82, 2.24) is 4.90 Å². The first kappa shape index (κ1) is 13.6. The van der Waals surface area contributed by atoms with Crippen molar-refractivity contribution in [2.75, 3.05) is 19.7 Å². The summed E-state index contributed by atoms with van der Waals surface area (Å²) in [4.78, 5) is 2.52. The Morgan fingerprint density at radius 1 is 1.22 bits per heavy atom. The largest absolute Gasteiger partial charge is 0.396 e. The summed E-state index contributed by atoms with van der Waals surface area (Å²) in [5, 5.41) is 9.17. The predicted octanol–water partition coefficient (Wildman–Crippen LogP) is 3.01. The Bertz CT molecular complexity index is 367. The van der Waals surface area contributed by atoms with E-state index >= 15 is 0 Å². The molecular formula is C16H25NO. The number of likely N-dealkylation sites (tertiary alicyclic amines) is 1. The molecule has 0 bridgehead atoms. The van der Waals surface area contributed by atoms with E-state index in [0.717, 1.165) is 32.5 Å². The summed E-state index contributed by atoms with van der Waals surface area (Å²) in [7, 11) is 0. The molecule has 1 N–H and O–H groups in total. The number of piperidine rings is 1. The van der Waals surface area contributed by atoms with Gasteiger partial charge < -0.3 is 5.11 Å².